The van der Waals surface area contributed by atoms with Gasteiger partial charge in [0, 0.05) is 12.1 Å². The van der Waals surface area contributed by atoms with Gasteiger partial charge in [0.15, 0.2) is 0 Å². The Labute approximate surface area is 203 Å². The quantitative estimate of drug-likeness (QED) is 0.266. The molecule has 1 atom stereocenters. The van der Waals surface area contributed by atoms with Crippen molar-refractivity contribution in [2.24, 2.45) is 10.8 Å². The number of hydrazone groups is 1. The summed E-state index contributed by atoms with van der Waals surface area (Å²) in [6, 6.07) is 13.0. The molecule has 0 bridgehead atoms. The van der Waals surface area contributed by atoms with Crippen LogP contribution in [-0.2, 0) is 9.71 Å². The molecule has 0 amide bonds. The Morgan fingerprint density at radius 1 is 1.21 bits per heavy atom. The molecule has 0 aliphatic carbocycles. The zero-order valence-electron chi connectivity index (χ0n) is 18.5. The van der Waals surface area contributed by atoms with E-state index >= 15 is 0 Å². The summed E-state index contributed by atoms with van der Waals surface area (Å²) in [5.41, 5.74) is 6.58. The van der Waals surface area contributed by atoms with Crippen molar-refractivity contribution in [1.29, 1.82) is 5.41 Å². The number of nitrogens with two attached hydrogens (primary N) is 1. The Morgan fingerprint density at radius 2 is 1.97 bits per heavy atom. The number of benzene rings is 2. The molecule has 0 fully saturated rings. The summed E-state index contributed by atoms with van der Waals surface area (Å²) in [5.74, 6) is -1.31. The Hall–Kier alpha value is -3.09. The fourth-order valence-electron chi connectivity index (χ4n) is 3.69. The maximum Gasteiger partial charge on any atom is 0.230 e. The first-order valence-electron chi connectivity index (χ1n) is 10.4. The van der Waals surface area contributed by atoms with E-state index in [1.165, 1.54) is 35.3 Å². The number of nitrogens with one attached hydrogen (secondary N) is 1. The second-order valence-corrected chi connectivity index (χ2v) is 9.90. The SMILES string of the molecule is CON(CCCC1(c2ccccc2)SC(c2cc(F)ccc2F)=NN1c1nnc(C)s1)C(=N)N. The molecule has 178 valence electrons. The van der Waals surface area contributed by atoms with Gasteiger partial charge in [-0.05, 0) is 43.5 Å². The molecule has 0 radical (unpaired) electrons. The molecule has 3 aromatic rings. The summed E-state index contributed by atoms with van der Waals surface area (Å²) < 4.78 is 28.8. The van der Waals surface area contributed by atoms with Gasteiger partial charge in [0.05, 0.1) is 7.11 Å². The van der Waals surface area contributed by atoms with Crippen LogP contribution >= 0.6 is 23.1 Å². The lowest BCUT2D eigenvalue weighted by molar-refractivity contribution is -0.0679. The third-order valence-electron chi connectivity index (χ3n) is 5.24. The van der Waals surface area contributed by atoms with Gasteiger partial charge in [0.1, 0.15) is 26.6 Å². The lowest BCUT2D eigenvalue weighted by atomic mass is 10.0. The van der Waals surface area contributed by atoms with Crippen LogP contribution in [0, 0.1) is 24.0 Å². The molecule has 0 saturated carbocycles. The second-order valence-electron chi connectivity index (χ2n) is 7.47. The van der Waals surface area contributed by atoms with E-state index in [2.05, 4.69) is 10.2 Å². The summed E-state index contributed by atoms with van der Waals surface area (Å²) in [4.78, 5) is 4.35. The Bertz CT molecular complexity index is 1210. The van der Waals surface area contributed by atoms with E-state index in [4.69, 9.17) is 21.1 Å². The molecular formula is C22H23F2N7OS2. The third kappa shape index (κ3) is 4.74. The predicted molar refractivity (Wildman–Crippen MR) is 131 cm³/mol. The molecule has 1 aromatic heterocycles. The maximum atomic E-state index is 14.7. The first-order valence-corrected chi connectivity index (χ1v) is 12.0. The van der Waals surface area contributed by atoms with Crippen molar-refractivity contribution in [1.82, 2.24) is 15.3 Å². The minimum Gasteiger partial charge on any atom is -0.368 e. The molecule has 2 heterocycles. The minimum atomic E-state index is -0.822. The highest BCUT2D eigenvalue weighted by Crippen LogP contribution is 2.52. The largest absolute Gasteiger partial charge is 0.368 e. The normalized spacial score (nSPS) is 17.6. The highest BCUT2D eigenvalue weighted by atomic mass is 32.2. The number of nitrogens with zero attached hydrogens (tertiary/aromatic N) is 5. The second kappa shape index (κ2) is 10.0. The standard InChI is InChI=1S/C22H23F2N7OS2/c1-14-27-28-21(33-14)31-22(15-7-4-3-5-8-15,11-6-12-30(32-2)20(25)26)34-19(29-31)17-13-16(23)9-10-18(17)24/h3-5,7-10,13H,6,11-12H2,1-2H3,(H3,25,26). The predicted octanol–water partition coefficient (Wildman–Crippen LogP) is 4.43. The summed E-state index contributed by atoms with van der Waals surface area (Å²) >= 11 is 2.69. The van der Waals surface area contributed by atoms with Crippen LogP contribution < -0.4 is 10.7 Å². The molecule has 4 rings (SSSR count). The molecule has 0 saturated heterocycles. The van der Waals surface area contributed by atoms with Gasteiger partial charge in [-0.15, -0.1) is 10.2 Å². The fraction of sp³-hybridized carbons (Fsp3) is 0.273. The van der Waals surface area contributed by atoms with Crippen LogP contribution in [0.1, 0.15) is 29.0 Å². The summed E-state index contributed by atoms with van der Waals surface area (Å²) in [6.45, 7) is 2.20. The van der Waals surface area contributed by atoms with Gasteiger partial charge in [0.2, 0.25) is 11.1 Å². The molecule has 0 spiro atoms. The number of aryl methyl sites for hydroxylation is 1. The van der Waals surface area contributed by atoms with Gasteiger partial charge in [-0.3, -0.25) is 10.2 Å². The van der Waals surface area contributed by atoms with Gasteiger partial charge >= 0.3 is 0 Å². The smallest absolute Gasteiger partial charge is 0.230 e. The first-order chi connectivity index (χ1) is 16.3. The Balaban J connectivity index is 1.79. The van der Waals surface area contributed by atoms with Gasteiger partial charge in [-0.25, -0.2) is 18.9 Å². The molecule has 2 aromatic carbocycles. The monoisotopic (exact) mass is 503 g/mol. The number of guanidine groups is 1. The van der Waals surface area contributed by atoms with Crippen molar-refractivity contribution < 1.29 is 13.6 Å². The first kappa shape index (κ1) is 24.0. The summed E-state index contributed by atoms with van der Waals surface area (Å²) in [6.07, 6.45) is 1.06. The number of thioether (sulfide) groups is 1. The van der Waals surface area contributed by atoms with Crippen LogP contribution in [0.15, 0.2) is 53.6 Å². The van der Waals surface area contributed by atoms with Gasteiger partial charge in [-0.1, -0.05) is 53.4 Å². The fourth-order valence-corrected chi connectivity index (χ4v) is 5.88. The average molecular weight is 504 g/mol. The zero-order valence-corrected chi connectivity index (χ0v) is 20.2. The topological polar surface area (TPSA) is 104 Å². The van der Waals surface area contributed by atoms with Gasteiger partial charge in [-0.2, -0.15) is 5.10 Å². The Kier molecular flexibility index (Phi) is 7.10. The highest BCUT2D eigenvalue weighted by molar-refractivity contribution is 8.15. The number of anilines is 1. The van der Waals surface area contributed by atoms with Crippen LogP contribution in [-0.4, -0.2) is 39.9 Å². The van der Waals surface area contributed by atoms with Crippen molar-refractivity contribution in [3.8, 4) is 0 Å². The van der Waals surface area contributed by atoms with E-state index in [0.717, 1.165) is 28.8 Å². The van der Waals surface area contributed by atoms with E-state index < -0.39 is 16.5 Å². The van der Waals surface area contributed by atoms with Gasteiger partial charge in [0.25, 0.3) is 0 Å². The van der Waals surface area contributed by atoms with Crippen molar-refractivity contribution in [2.75, 3.05) is 18.7 Å². The number of rotatable bonds is 8. The summed E-state index contributed by atoms with van der Waals surface area (Å²) in [5, 5.41) is 25.5. The number of hydrogen-bond donors (Lipinski definition) is 2. The van der Waals surface area contributed by atoms with Crippen LogP contribution in [0.5, 0.6) is 0 Å². The van der Waals surface area contributed by atoms with E-state index in [1.54, 1.807) is 5.01 Å². The average Bonchev–Trinajstić information content (AvgIpc) is 3.43. The van der Waals surface area contributed by atoms with Crippen LogP contribution in [0.4, 0.5) is 13.9 Å². The zero-order chi connectivity index (χ0) is 24.3. The van der Waals surface area contributed by atoms with Crippen LogP contribution in [0.2, 0.25) is 0 Å². The number of hydrogen-bond acceptors (Lipinski definition) is 8. The molecule has 1 unspecified atom stereocenters. The van der Waals surface area contributed by atoms with E-state index in [1.807, 2.05) is 37.3 Å². The van der Waals surface area contributed by atoms with Gasteiger partial charge < -0.3 is 5.73 Å². The third-order valence-corrected chi connectivity index (χ3v) is 7.50. The molecule has 8 nitrogen and oxygen atoms in total. The molecule has 34 heavy (non-hydrogen) atoms. The molecule has 3 N–H and O–H groups in total. The van der Waals surface area contributed by atoms with Crippen molar-refractivity contribution in [3.05, 3.63) is 76.3 Å². The molecule has 12 heteroatoms. The van der Waals surface area contributed by atoms with E-state index in [9.17, 15) is 8.78 Å². The number of halogens is 2. The van der Waals surface area contributed by atoms with E-state index in [-0.39, 0.29) is 11.5 Å². The number of aromatic nitrogens is 2. The van der Waals surface area contributed by atoms with Crippen molar-refractivity contribution >= 4 is 39.2 Å². The molecule has 1 aliphatic rings. The maximum absolute atomic E-state index is 14.7. The lowest BCUT2D eigenvalue weighted by Gasteiger charge is -2.36. The van der Waals surface area contributed by atoms with E-state index in [0.29, 0.717) is 29.6 Å². The minimum absolute atomic E-state index is 0.0799. The van der Waals surface area contributed by atoms with Crippen molar-refractivity contribution in [2.45, 2.75) is 24.6 Å². The summed E-state index contributed by atoms with van der Waals surface area (Å²) in [7, 11) is 1.45. The highest BCUT2D eigenvalue weighted by Gasteiger charge is 2.48. The Morgan fingerprint density at radius 3 is 2.62 bits per heavy atom. The molecule has 1 aliphatic heterocycles. The van der Waals surface area contributed by atoms with Crippen LogP contribution in [0.3, 0.4) is 0 Å². The number of hydroxylamine groups is 2. The van der Waals surface area contributed by atoms with Crippen molar-refractivity contribution in [3.63, 3.8) is 0 Å². The molecular weight excluding hydrogens is 480 g/mol. The lowest BCUT2D eigenvalue weighted by Crippen LogP contribution is -2.40. The van der Waals surface area contributed by atoms with Crippen LogP contribution in [0.25, 0.3) is 0 Å².